The highest BCUT2D eigenvalue weighted by molar-refractivity contribution is 6.31. The van der Waals surface area contributed by atoms with Crippen molar-refractivity contribution in [1.82, 2.24) is 4.90 Å². The van der Waals surface area contributed by atoms with Gasteiger partial charge in [0.25, 0.3) is 0 Å². The van der Waals surface area contributed by atoms with Crippen molar-refractivity contribution in [3.05, 3.63) is 89.3 Å². The number of fused-ring (bicyclic) bond motifs is 2. The van der Waals surface area contributed by atoms with E-state index in [0.717, 1.165) is 17.8 Å². The molecule has 2 aliphatic heterocycles. The number of aliphatic imine (C=N–C) groups is 1. The molecule has 2 amide bonds. The second-order valence-electron chi connectivity index (χ2n) is 9.31. The molecule has 0 bridgehead atoms. The number of hydrogen-bond donors (Lipinski definition) is 1. The topological polar surface area (TPSA) is 83.5 Å². The van der Waals surface area contributed by atoms with Crippen molar-refractivity contribution in [2.45, 2.75) is 12.8 Å². The fourth-order valence-corrected chi connectivity index (χ4v) is 4.65. The van der Waals surface area contributed by atoms with Crippen molar-refractivity contribution in [2.75, 3.05) is 37.4 Å². The average molecular weight is 531 g/mol. The minimum absolute atomic E-state index is 0.0352. The summed E-state index contributed by atoms with van der Waals surface area (Å²) < 4.78 is 11.1. The lowest BCUT2D eigenvalue weighted by atomic mass is 9.90. The summed E-state index contributed by atoms with van der Waals surface area (Å²) in [5.74, 6) is 0.213. The minimum Gasteiger partial charge on any atom is -0.458 e. The lowest BCUT2D eigenvalue weighted by molar-refractivity contribution is -0.117. The van der Waals surface area contributed by atoms with Gasteiger partial charge in [-0.15, -0.1) is 0 Å². The van der Waals surface area contributed by atoms with E-state index in [4.69, 9.17) is 26.1 Å². The van der Waals surface area contributed by atoms with Crippen LogP contribution in [0.5, 0.6) is 11.5 Å². The molecule has 2 heterocycles. The van der Waals surface area contributed by atoms with E-state index in [1.54, 1.807) is 30.0 Å². The summed E-state index contributed by atoms with van der Waals surface area (Å²) in [6.07, 6.45) is 2.92. The summed E-state index contributed by atoms with van der Waals surface area (Å²) in [6, 6.07) is 18.2. The van der Waals surface area contributed by atoms with Crippen LogP contribution < -0.4 is 19.7 Å². The lowest BCUT2D eigenvalue weighted by Gasteiger charge is -2.23. The molecule has 0 fully saturated rings. The number of anilines is 2. The van der Waals surface area contributed by atoms with Gasteiger partial charge in [-0.25, -0.2) is 0 Å². The number of nitrogens with one attached hydrogen (secondary N) is 1. The van der Waals surface area contributed by atoms with E-state index in [9.17, 15) is 9.59 Å². The van der Waals surface area contributed by atoms with Gasteiger partial charge < -0.3 is 24.6 Å². The number of nitrogens with zero attached hydrogens (tertiary/aromatic N) is 3. The van der Waals surface area contributed by atoms with Crippen molar-refractivity contribution in [3.63, 3.8) is 0 Å². The maximum Gasteiger partial charge on any atom is 0.238 e. The number of halogens is 1. The summed E-state index contributed by atoms with van der Waals surface area (Å²) in [7, 11) is 3.94. The highest BCUT2D eigenvalue weighted by atomic mass is 35.5. The maximum absolute atomic E-state index is 13.2. The van der Waals surface area contributed by atoms with Crippen LogP contribution in [0.25, 0.3) is 0 Å². The molecule has 0 saturated carbocycles. The number of hydrogen-bond acceptors (Lipinski definition) is 6. The number of rotatable bonds is 7. The zero-order valence-corrected chi connectivity index (χ0v) is 22.0. The van der Waals surface area contributed by atoms with E-state index < -0.39 is 5.92 Å². The Morgan fingerprint density at radius 3 is 2.42 bits per heavy atom. The van der Waals surface area contributed by atoms with Crippen LogP contribution in [-0.2, 0) is 9.59 Å². The number of benzene rings is 3. The Morgan fingerprint density at radius 2 is 1.71 bits per heavy atom. The molecule has 8 nitrogen and oxygen atoms in total. The summed E-state index contributed by atoms with van der Waals surface area (Å²) in [5, 5.41) is 3.46. The molecule has 5 rings (SSSR count). The third kappa shape index (κ3) is 5.27. The molecule has 3 aromatic rings. The van der Waals surface area contributed by atoms with Gasteiger partial charge in [-0.05, 0) is 74.3 Å². The van der Waals surface area contributed by atoms with Gasteiger partial charge in [0.05, 0.1) is 11.4 Å². The summed E-state index contributed by atoms with van der Waals surface area (Å²) >= 11 is 6.18. The molecule has 0 saturated heterocycles. The van der Waals surface area contributed by atoms with Crippen molar-refractivity contribution in [2.24, 2.45) is 4.99 Å². The van der Waals surface area contributed by atoms with Crippen LogP contribution in [0.4, 0.5) is 17.1 Å². The first-order valence-electron chi connectivity index (χ1n) is 12.1. The van der Waals surface area contributed by atoms with Crippen LogP contribution in [0.2, 0.25) is 5.02 Å². The Morgan fingerprint density at radius 1 is 0.974 bits per heavy atom. The number of likely N-dealkylation sites (N-methyl/N-ethyl adjacent to an activating group) is 1. The first kappa shape index (κ1) is 25.5. The number of ether oxygens (including phenoxy) is 2. The molecule has 0 aromatic heterocycles. The van der Waals surface area contributed by atoms with Crippen LogP contribution in [0.3, 0.4) is 0 Å². The van der Waals surface area contributed by atoms with Crippen molar-refractivity contribution >= 4 is 46.2 Å². The second-order valence-corrected chi connectivity index (χ2v) is 9.75. The van der Waals surface area contributed by atoms with Crippen molar-refractivity contribution in [1.29, 1.82) is 0 Å². The monoisotopic (exact) mass is 530 g/mol. The van der Waals surface area contributed by atoms with Gasteiger partial charge in [0.1, 0.15) is 18.4 Å². The smallest absolute Gasteiger partial charge is 0.238 e. The van der Waals surface area contributed by atoms with Gasteiger partial charge in [-0.3, -0.25) is 14.6 Å². The maximum atomic E-state index is 13.2. The summed E-state index contributed by atoms with van der Waals surface area (Å²) in [5.41, 5.74) is 4.14. The first-order valence-corrected chi connectivity index (χ1v) is 12.5. The van der Waals surface area contributed by atoms with Gasteiger partial charge in [-0.1, -0.05) is 17.7 Å². The lowest BCUT2D eigenvalue weighted by Crippen LogP contribution is -2.35. The first-order chi connectivity index (χ1) is 18.3. The molecule has 2 aliphatic rings. The Kier molecular flexibility index (Phi) is 7.18. The van der Waals surface area contributed by atoms with Crippen LogP contribution in [0, 0.1) is 0 Å². The predicted molar refractivity (Wildman–Crippen MR) is 149 cm³/mol. The fraction of sp³-hybridized carbons (Fsp3) is 0.207. The number of carbonyl (C=O) groups is 2. The molecule has 1 atom stereocenters. The van der Waals surface area contributed by atoms with Gasteiger partial charge in [0, 0.05) is 42.0 Å². The number of carbonyl (C=O) groups excluding carboxylic acids is 2. The van der Waals surface area contributed by atoms with Crippen molar-refractivity contribution < 1.29 is 19.1 Å². The second kappa shape index (κ2) is 10.7. The van der Waals surface area contributed by atoms with Gasteiger partial charge in [0.2, 0.25) is 11.8 Å². The Labute approximate surface area is 226 Å². The number of amides is 2. The van der Waals surface area contributed by atoms with E-state index in [0.29, 0.717) is 45.7 Å². The molecular weight excluding hydrogens is 504 g/mol. The minimum atomic E-state index is -0.658. The van der Waals surface area contributed by atoms with E-state index in [1.165, 1.54) is 12.5 Å². The van der Waals surface area contributed by atoms with Gasteiger partial charge in [0.15, 0.2) is 11.5 Å². The zero-order chi connectivity index (χ0) is 26.8. The van der Waals surface area contributed by atoms with E-state index >= 15 is 0 Å². The molecular formula is C29H27ClN4O4. The Bertz CT molecular complexity index is 1450. The molecule has 0 spiro atoms. The molecule has 38 heavy (non-hydrogen) atoms. The van der Waals surface area contributed by atoms with E-state index in [-0.39, 0.29) is 11.8 Å². The predicted octanol–water partition coefficient (Wildman–Crippen LogP) is 5.35. The largest absolute Gasteiger partial charge is 0.458 e. The van der Waals surface area contributed by atoms with Crippen LogP contribution in [0.1, 0.15) is 24.0 Å². The zero-order valence-electron chi connectivity index (χ0n) is 21.3. The van der Waals surface area contributed by atoms with Crippen LogP contribution in [-0.4, -0.2) is 49.6 Å². The SMILES string of the molecule is CC(=O)N(CCN(C)C)c1ccc(N=C(c2ccc3c(c2)OC=CO3)C2C(=O)Nc3cc(Cl)ccc32)cc1. The molecule has 9 heteroatoms. The molecule has 194 valence electrons. The molecule has 3 aromatic carbocycles. The molecule has 1 unspecified atom stereocenters. The molecule has 0 aliphatic carbocycles. The molecule has 0 radical (unpaired) electrons. The van der Waals surface area contributed by atoms with Crippen LogP contribution in [0.15, 0.2) is 78.2 Å². The Balaban J connectivity index is 1.55. The Hall–Kier alpha value is -4.14. The average Bonchev–Trinajstić information content (AvgIpc) is 3.22. The van der Waals surface area contributed by atoms with E-state index in [2.05, 4.69) is 5.32 Å². The highest BCUT2D eigenvalue weighted by Crippen LogP contribution is 2.40. The highest BCUT2D eigenvalue weighted by Gasteiger charge is 2.36. The van der Waals surface area contributed by atoms with Crippen LogP contribution >= 0.6 is 11.6 Å². The van der Waals surface area contributed by atoms with E-state index in [1.807, 2.05) is 61.5 Å². The third-order valence-electron chi connectivity index (χ3n) is 6.37. The quantitative estimate of drug-likeness (QED) is 0.416. The summed E-state index contributed by atoms with van der Waals surface area (Å²) in [6.45, 7) is 2.87. The molecule has 1 N–H and O–H groups in total. The summed E-state index contributed by atoms with van der Waals surface area (Å²) in [4.78, 5) is 34.2. The fourth-order valence-electron chi connectivity index (χ4n) is 4.48. The normalized spacial score (nSPS) is 15.9. The van der Waals surface area contributed by atoms with Gasteiger partial charge in [-0.2, -0.15) is 0 Å². The third-order valence-corrected chi connectivity index (χ3v) is 6.60. The van der Waals surface area contributed by atoms with Gasteiger partial charge >= 0.3 is 0 Å². The van der Waals surface area contributed by atoms with Crippen molar-refractivity contribution in [3.8, 4) is 11.5 Å². The standard InChI is InChI=1S/C29H27ClN4O4/c1-18(35)34(13-12-33(2)3)22-8-6-21(7-9-22)31-28(19-4-11-25-26(16-19)38-15-14-37-25)27-23-10-5-20(30)17-24(23)32-29(27)36/h4-11,14-17,27H,12-13H2,1-3H3,(H,32,36).